The van der Waals surface area contributed by atoms with Crippen LogP contribution in [0.1, 0.15) is 0 Å². The van der Waals surface area contributed by atoms with Crippen molar-refractivity contribution in [1.29, 1.82) is 0 Å². The molecule has 0 aromatic heterocycles. The molecule has 0 bridgehead atoms. The van der Waals surface area contributed by atoms with E-state index in [1.54, 1.807) is 36.4 Å². The van der Waals surface area contributed by atoms with Crippen molar-refractivity contribution >= 4 is 33.2 Å². The van der Waals surface area contributed by atoms with Crippen LogP contribution >= 0.6 is 23.2 Å². The van der Waals surface area contributed by atoms with E-state index in [2.05, 4.69) is 6.07 Å². The highest BCUT2D eigenvalue weighted by Gasteiger charge is 2.15. The second kappa shape index (κ2) is 6.69. The number of phenols is 1. The first-order chi connectivity index (χ1) is 11.8. The topological polar surface area (TPSA) is 80.4 Å². The van der Waals surface area contributed by atoms with Gasteiger partial charge in [0.2, 0.25) is 10.0 Å². The first kappa shape index (κ1) is 17.8. The molecule has 3 N–H and O–H groups in total. The van der Waals surface area contributed by atoms with Gasteiger partial charge in [-0.15, -0.1) is 0 Å². The van der Waals surface area contributed by atoms with Gasteiger partial charge in [0.05, 0.1) is 14.9 Å². The van der Waals surface area contributed by atoms with E-state index in [1.807, 2.05) is 0 Å². The van der Waals surface area contributed by atoms with E-state index in [4.69, 9.17) is 28.3 Å². The predicted molar refractivity (Wildman–Crippen MR) is 99.2 cm³/mol. The summed E-state index contributed by atoms with van der Waals surface area (Å²) >= 11 is 12.0. The van der Waals surface area contributed by atoms with Gasteiger partial charge in [0.15, 0.2) is 0 Å². The zero-order valence-electron chi connectivity index (χ0n) is 12.7. The van der Waals surface area contributed by atoms with Crippen LogP contribution in [0.5, 0.6) is 5.75 Å². The van der Waals surface area contributed by atoms with Gasteiger partial charge in [-0.1, -0.05) is 47.5 Å². The fraction of sp³-hybridized carbons (Fsp3) is 0. The van der Waals surface area contributed by atoms with Gasteiger partial charge in [0.25, 0.3) is 0 Å². The molecule has 0 spiro atoms. The number of rotatable bonds is 3. The van der Waals surface area contributed by atoms with Crippen LogP contribution in [0.15, 0.2) is 59.5 Å². The van der Waals surface area contributed by atoms with Gasteiger partial charge in [-0.25, -0.2) is 13.6 Å². The average Bonchev–Trinajstić information content (AvgIpc) is 2.57. The van der Waals surface area contributed by atoms with Gasteiger partial charge >= 0.3 is 0 Å². The van der Waals surface area contributed by atoms with Crippen LogP contribution in [0.2, 0.25) is 10.0 Å². The van der Waals surface area contributed by atoms with Crippen molar-refractivity contribution in [3.8, 4) is 28.0 Å². The third-order valence-electron chi connectivity index (χ3n) is 3.65. The van der Waals surface area contributed by atoms with Crippen molar-refractivity contribution in [1.82, 2.24) is 0 Å². The van der Waals surface area contributed by atoms with Crippen LogP contribution in [0.4, 0.5) is 0 Å². The molecule has 0 saturated heterocycles. The number of nitrogens with two attached hydrogens (primary N) is 1. The zero-order valence-corrected chi connectivity index (χ0v) is 15.0. The smallest absolute Gasteiger partial charge is 0.238 e. The van der Waals surface area contributed by atoms with E-state index < -0.39 is 10.0 Å². The molecule has 0 aliphatic carbocycles. The summed E-state index contributed by atoms with van der Waals surface area (Å²) in [6, 6.07) is 17.2. The Labute approximate surface area is 155 Å². The zero-order chi connectivity index (χ0) is 18.2. The molecule has 25 heavy (non-hydrogen) atoms. The maximum Gasteiger partial charge on any atom is 0.238 e. The Balaban J connectivity index is 2.18. The third-order valence-corrected chi connectivity index (χ3v) is 5.32. The Kier molecular flexibility index (Phi) is 4.75. The monoisotopic (exact) mass is 392 g/mol. The molecule has 0 saturated carbocycles. The minimum Gasteiger partial charge on any atom is -0.507 e. The maximum atomic E-state index is 11.4. The quantitative estimate of drug-likeness (QED) is 0.689. The highest BCUT2D eigenvalue weighted by atomic mass is 35.5. The molecular weight excluding hydrogens is 381 g/mol. The summed E-state index contributed by atoms with van der Waals surface area (Å²) in [5.41, 5.74) is 2.45. The first-order valence-corrected chi connectivity index (χ1v) is 9.40. The van der Waals surface area contributed by atoms with Gasteiger partial charge in [0.1, 0.15) is 5.75 Å². The summed E-state index contributed by atoms with van der Waals surface area (Å²) in [6.07, 6.45) is 0. The molecular formula is C18H12Cl2NO3S. The third kappa shape index (κ3) is 3.65. The van der Waals surface area contributed by atoms with Crippen molar-refractivity contribution in [3.05, 3.63) is 70.7 Å². The molecule has 0 heterocycles. The van der Waals surface area contributed by atoms with Crippen LogP contribution < -0.4 is 5.14 Å². The maximum absolute atomic E-state index is 11.4. The van der Waals surface area contributed by atoms with Gasteiger partial charge in [-0.2, -0.15) is 0 Å². The minimum atomic E-state index is -3.77. The molecule has 0 unspecified atom stereocenters. The van der Waals surface area contributed by atoms with Crippen LogP contribution in [0, 0.1) is 6.07 Å². The van der Waals surface area contributed by atoms with Crippen LogP contribution in [-0.2, 0) is 10.0 Å². The summed E-state index contributed by atoms with van der Waals surface area (Å²) in [7, 11) is -3.77. The SMILES string of the molecule is NS(=O)(=O)c1ccc(-c2[c]ccc(O)c2-c2ccc(Cl)c(Cl)c2)cc1. The fourth-order valence-electron chi connectivity index (χ4n) is 2.47. The van der Waals surface area contributed by atoms with Crippen molar-refractivity contribution in [2.75, 3.05) is 0 Å². The van der Waals surface area contributed by atoms with Crippen molar-refractivity contribution in [3.63, 3.8) is 0 Å². The van der Waals surface area contributed by atoms with E-state index in [-0.39, 0.29) is 10.6 Å². The van der Waals surface area contributed by atoms with Crippen LogP contribution in [0.25, 0.3) is 22.3 Å². The Hall–Kier alpha value is -2.05. The summed E-state index contributed by atoms with van der Waals surface area (Å²) in [5, 5.41) is 16.2. The van der Waals surface area contributed by atoms with Gasteiger partial charge in [-0.3, -0.25) is 0 Å². The number of primary sulfonamides is 1. The lowest BCUT2D eigenvalue weighted by molar-refractivity contribution is 0.477. The molecule has 0 aliphatic rings. The van der Waals surface area contributed by atoms with Gasteiger partial charge < -0.3 is 5.11 Å². The predicted octanol–water partition coefficient (Wildman–Crippen LogP) is 4.48. The number of halogens is 2. The molecule has 7 heteroatoms. The van der Waals surface area contributed by atoms with Crippen molar-refractivity contribution in [2.45, 2.75) is 4.90 Å². The number of phenolic OH excluding ortho intramolecular Hbond substituents is 1. The number of aromatic hydroxyl groups is 1. The van der Waals surface area contributed by atoms with E-state index in [9.17, 15) is 13.5 Å². The summed E-state index contributed by atoms with van der Waals surface area (Å²) in [6.45, 7) is 0. The number of hydrogen-bond acceptors (Lipinski definition) is 3. The van der Waals surface area contributed by atoms with Gasteiger partial charge in [0, 0.05) is 11.1 Å². The summed E-state index contributed by atoms with van der Waals surface area (Å²) < 4.78 is 22.8. The lowest BCUT2D eigenvalue weighted by Gasteiger charge is -2.13. The molecule has 3 aromatic rings. The molecule has 1 radical (unpaired) electrons. The van der Waals surface area contributed by atoms with Gasteiger partial charge in [-0.05, 0) is 47.5 Å². The first-order valence-electron chi connectivity index (χ1n) is 7.09. The molecule has 4 nitrogen and oxygen atoms in total. The molecule has 127 valence electrons. The number of sulfonamides is 1. The summed E-state index contributed by atoms with van der Waals surface area (Å²) in [4.78, 5) is 0.00694. The van der Waals surface area contributed by atoms with E-state index in [0.29, 0.717) is 32.3 Å². The minimum absolute atomic E-state index is 0.00694. The number of hydrogen-bond donors (Lipinski definition) is 2. The molecule has 0 aliphatic heterocycles. The Morgan fingerprint density at radius 1 is 0.920 bits per heavy atom. The average molecular weight is 393 g/mol. The van der Waals surface area contributed by atoms with E-state index in [1.165, 1.54) is 18.2 Å². The molecule has 0 atom stereocenters. The Morgan fingerprint density at radius 3 is 2.16 bits per heavy atom. The molecule has 3 aromatic carbocycles. The van der Waals surface area contributed by atoms with E-state index in [0.717, 1.165) is 0 Å². The van der Waals surface area contributed by atoms with Crippen molar-refractivity contribution in [2.24, 2.45) is 5.14 Å². The molecule has 0 fully saturated rings. The lowest BCUT2D eigenvalue weighted by Crippen LogP contribution is -2.11. The summed E-state index contributed by atoms with van der Waals surface area (Å²) in [5.74, 6) is 0.0441. The van der Waals surface area contributed by atoms with Crippen LogP contribution in [-0.4, -0.2) is 13.5 Å². The van der Waals surface area contributed by atoms with E-state index >= 15 is 0 Å². The Morgan fingerprint density at radius 2 is 1.56 bits per heavy atom. The second-order valence-corrected chi connectivity index (χ2v) is 7.69. The standard InChI is InChI=1S/C18H12Cl2NO3S/c19-15-9-6-12(10-16(15)20)18-14(2-1-3-17(18)22)11-4-7-13(8-5-11)25(21,23)24/h1,3-10,22H,(H2,21,23,24). The number of benzene rings is 3. The van der Waals surface area contributed by atoms with Crippen LogP contribution in [0.3, 0.4) is 0 Å². The van der Waals surface area contributed by atoms with Crippen molar-refractivity contribution < 1.29 is 13.5 Å². The highest BCUT2D eigenvalue weighted by molar-refractivity contribution is 7.89. The normalized spacial score (nSPS) is 11.5. The highest BCUT2D eigenvalue weighted by Crippen LogP contribution is 2.40. The second-order valence-electron chi connectivity index (χ2n) is 5.31. The largest absolute Gasteiger partial charge is 0.507 e. The Bertz CT molecular complexity index is 1050. The molecule has 0 amide bonds. The fourth-order valence-corrected chi connectivity index (χ4v) is 3.28. The molecule has 3 rings (SSSR count). The lowest BCUT2D eigenvalue weighted by atomic mass is 9.94.